The molecule has 92 valence electrons. The maximum atomic E-state index is 11.5. The molecule has 0 fully saturated rings. The Labute approximate surface area is 105 Å². The largest absolute Gasteiger partial charge is 0.545 e. The molecule has 0 saturated carbocycles. The summed E-state index contributed by atoms with van der Waals surface area (Å²) in [6.07, 6.45) is 2.66. The minimum Gasteiger partial charge on any atom is -0.545 e. The Hall–Kier alpha value is -1.90. The summed E-state index contributed by atoms with van der Waals surface area (Å²) in [7, 11) is 0. The number of nitrogens with zero attached hydrogens (tertiary/aromatic N) is 1. The van der Waals surface area contributed by atoms with E-state index in [2.05, 4.69) is 4.98 Å². The first kappa shape index (κ1) is 11.2. The topological polar surface area (TPSA) is 53.0 Å². The molecule has 0 spiro atoms. The number of pyridine rings is 1. The molecule has 0 amide bonds. The van der Waals surface area contributed by atoms with E-state index in [1.165, 1.54) is 0 Å². The highest BCUT2D eigenvalue weighted by molar-refractivity contribution is 6.04. The number of benzene rings is 1. The van der Waals surface area contributed by atoms with Gasteiger partial charge in [0, 0.05) is 16.6 Å². The van der Waals surface area contributed by atoms with Crippen LogP contribution in [0, 0.1) is 13.8 Å². The average Bonchev–Trinajstić information content (AvgIpc) is 2.73. The highest BCUT2D eigenvalue weighted by atomic mass is 16.4. The van der Waals surface area contributed by atoms with E-state index in [1.807, 2.05) is 26.0 Å². The van der Waals surface area contributed by atoms with Crippen molar-refractivity contribution in [3.05, 3.63) is 40.1 Å². The van der Waals surface area contributed by atoms with E-state index < -0.39 is 5.97 Å². The van der Waals surface area contributed by atoms with Crippen LogP contribution in [0.4, 0.5) is 0 Å². The maximum absolute atomic E-state index is 11.5. The first-order valence-corrected chi connectivity index (χ1v) is 6.22. The maximum Gasteiger partial charge on any atom is 0.0741 e. The van der Waals surface area contributed by atoms with Gasteiger partial charge in [0.15, 0.2) is 0 Å². The molecule has 1 heterocycles. The van der Waals surface area contributed by atoms with Crippen LogP contribution < -0.4 is 5.11 Å². The van der Waals surface area contributed by atoms with E-state index in [0.29, 0.717) is 5.56 Å². The van der Waals surface area contributed by atoms with Gasteiger partial charge >= 0.3 is 0 Å². The summed E-state index contributed by atoms with van der Waals surface area (Å²) in [5.74, 6) is -1.08. The minimum atomic E-state index is -1.08. The van der Waals surface area contributed by atoms with Crippen molar-refractivity contribution in [3.63, 3.8) is 0 Å². The summed E-state index contributed by atoms with van der Waals surface area (Å²) < 4.78 is 0. The van der Waals surface area contributed by atoms with Gasteiger partial charge in [0.2, 0.25) is 0 Å². The molecular weight excluding hydrogens is 226 g/mol. The van der Waals surface area contributed by atoms with Crippen LogP contribution in [-0.4, -0.2) is 11.0 Å². The first-order valence-electron chi connectivity index (χ1n) is 6.22. The highest BCUT2D eigenvalue weighted by Crippen LogP contribution is 2.31. The Morgan fingerprint density at radius 1 is 1.28 bits per heavy atom. The molecule has 0 aliphatic heterocycles. The number of aromatic nitrogens is 1. The first-order chi connectivity index (χ1) is 8.58. The molecule has 0 radical (unpaired) electrons. The molecule has 0 saturated heterocycles. The van der Waals surface area contributed by atoms with Gasteiger partial charge in [-0.15, -0.1) is 0 Å². The molecule has 18 heavy (non-hydrogen) atoms. The summed E-state index contributed by atoms with van der Waals surface area (Å²) in [6.45, 7) is 3.95. The zero-order valence-corrected chi connectivity index (χ0v) is 10.5. The van der Waals surface area contributed by atoms with Crippen molar-refractivity contribution in [2.45, 2.75) is 33.1 Å². The van der Waals surface area contributed by atoms with Crippen LogP contribution >= 0.6 is 0 Å². The number of rotatable bonds is 1. The lowest BCUT2D eigenvalue weighted by Gasteiger charge is -2.15. The standard InChI is InChI=1S/C15H15NO2/c1-8-6-9(2)14-11(7-8)13(15(17)18)10-4-3-5-12(10)16-14/h6-7H,3-5H2,1-2H3,(H,17,18)/p-1. The van der Waals surface area contributed by atoms with Crippen molar-refractivity contribution in [1.82, 2.24) is 4.98 Å². The fourth-order valence-corrected chi connectivity index (χ4v) is 2.95. The van der Waals surface area contributed by atoms with Crippen LogP contribution in [0.3, 0.4) is 0 Å². The number of aromatic carboxylic acids is 1. The van der Waals surface area contributed by atoms with E-state index in [-0.39, 0.29) is 0 Å². The molecule has 0 bridgehead atoms. The van der Waals surface area contributed by atoms with Crippen molar-refractivity contribution in [3.8, 4) is 0 Å². The number of fused-ring (bicyclic) bond motifs is 2. The lowest BCUT2D eigenvalue weighted by molar-refractivity contribution is -0.254. The Morgan fingerprint density at radius 3 is 2.78 bits per heavy atom. The van der Waals surface area contributed by atoms with Gasteiger partial charge in [-0.3, -0.25) is 4.98 Å². The van der Waals surface area contributed by atoms with E-state index in [9.17, 15) is 9.90 Å². The van der Waals surface area contributed by atoms with Crippen molar-refractivity contribution in [1.29, 1.82) is 0 Å². The quantitative estimate of drug-likeness (QED) is 0.762. The van der Waals surface area contributed by atoms with E-state index in [0.717, 1.165) is 52.5 Å². The van der Waals surface area contributed by atoms with Crippen LogP contribution in [0.1, 0.15) is 39.2 Å². The average molecular weight is 240 g/mol. The Kier molecular flexibility index (Phi) is 2.37. The molecule has 0 atom stereocenters. The predicted octanol–water partition coefficient (Wildman–Crippen LogP) is 1.70. The third-order valence-electron chi connectivity index (χ3n) is 3.66. The minimum absolute atomic E-state index is 0.360. The lowest BCUT2D eigenvalue weighted by atomic mass is 9.97. The second kappa shape index (κ2) is 3.80. The monoisotopic (exact) mass is 240 g/mol. The van der Waals surface area contributed by atoms with E-state index >= 15 is 0 Å². The number of carboxylic acid groups (broad SMARTS) is 1. The van der Waals surface area contributed by atoms with E-state index in [4.69, 9.17) is 0 Å². The third kappa shape index (κ3) is 1.50. The van der Waals surface area contributed by atoms with Crippen LogP contribution in [0.15, 0.2) is 12.1 Å². The summed E-state index contributed by atoms with van der Waals surface area (Å²) in [6, 6.07) is 3.94. The Balaban J connectivity index is 2.50. The fourth-order valence-electron chi connectivity index (χ4n) is 2.95. The molecule has 0 N–H and O–H groups in total. The summed E-state index contributed by atoms with van der Waals surface area (Å²) in [4.78, 5) is 16.1. The number of carboxylic acids is 1. The number of carbonyl (C=O) groups is 1. The second-order valence-electron chi connectivity index (χ2n) is 5.03. The molecule has 1 aromatic heterocycles. The number of carbonyl (C=O) groups excluding carboxylic acids is 1. The molecule has 2 aromatic rings. The van der Waals surface area contributed by atoms with Gasteiger partial charge in [0.1, 0.15) is 0 Å². The molecule has 3 heteroatoms. The van der Waals surface area contributed by atoms with Crippen LogP contribution in [0.5, 0.6) is 0 Å². The molecule has 1 aliphatic carbocycles. The van der Waals surface area contributed by atoms with Crippen molar-refractivity contribution < 1.29 is 9.90 Å². The summed E-state index contributed by atoms with van der Waals surface area (Å²) in [5, 5.41) is 12.2. The second-order valence-corrected chi connectivity index (χ2v) is 5.03. The Morgan fingerprint density at radius 2 is 2.06 bits per heavy atom. The molecule has 3 nitrogen and oxygen atoms in total. The normalized spacial score (nSPS) is 13.9. The smallest absolute Gasteiger partial charge is 0.0741 e. The summed E-state index contributed by atoms with van der Waals surface area (Å²) in [5.41, 5.74) is 5.07. The van der Waals surface area contributed by atoms with Gasteiger partial charge in [-0.05, 0) is 50.3 Å². The number of aryl methyl sites for hydroxylation is 3. The van der Waals surface area contributed by atoms with Crippen LogP contribution in [-0.2, 0) is 12.8 Å². The summed E-state index contributed by atoms with van der Waals surface area (Å²) >= 11 is 0. The van der Waals surface area contributed by atoms with Gasteiger partial charge < -0.3 is 9.90 Å². The Bertz CT molecular complexity index is 674. The molecule has 1 aromatic carbocycles. The molecule has 1 aliphatic rings. The predicted molar refractivity (Wildman–Crippen MR) is 67.6 cm³/mol. The van der Waals surface area contributed by atoms with Gasteiger partial charge in [0.05, 0.1) is 11.5 Å². The third-order valence-corrected chi connectivity index (χ3v) is 3.66. The zero-order valence-electron chi connectivity index (χ0n) is 10.5. The van der Waals surface area contributed by atoms with Crippen LogP contribution in [0.25, 0.3) is 10.9 Å². The van der Waals surface area contributed by atoms with Crippen molar-refractivity contribution in [2.75, 3.05) is 0 Å². The lowest BCUT2D eigenvalue weighted by Crippen LogP contribution is -2.24. The highest BCUT2D eigenvalue weighted by Gasteiger charge is 2.20. The van der Waals surface area contributed by atoms with Crippen LogP contribution in [0.2, 0.25) is 0 Å². The fraction of sp³-hybridized carbons (Fsp3) is 0.333. The molecule has 0 unspecified atom stereocenters. The van der Waals surface area contributed by atoms with Crippen molar-refractivity contribution in [2.24, 2.45) is 0 Å². The van der Waals surface area contributed by atoms with E-state index in [1.54, 1.807) is 0 Å². The van der Waals surface area contributed by atoms with Gasteiger partial charge in [-0.2, -0.15) is 0 Å². The van der Waals surface area contributed by atoms with Gasteiger partial charge in [0.25, 0.3) is 0 Å². The number of hydrogen-bond donors (Lipinski definition) is 0. The molecule has 3 rings (SSSR count). The SMILES string of the molecule is Cc1cc(C)c2nc3c(c(C(=O)[O-])c2c1)CCC3. The van der Waals surface area contributed by atoms with Gasteiger partial charge in [-0.25, -0.2) is 0 Å². The zero-order chi connectivity index (χ0) is 12.9. The number of hydrogen-bond acceptors (Lipinski definition) is 3. The van der Waals surface area contributed by atoms with Gasteiger partial charge in [-0.1, -0.05) is 11.6 Å². The molecular formula is C15H14NO2-. The van der Waals surface area contributed by atoms with Crippen molar-refractivity contribution >= 4 is 16.9 Å².